The van der Waals surface area contributed by atoms with Gasteiger partial charge in [0, 0.05) is 28.6 Å². The van der Waals surface area contributed by atoms with Gasteiger partial charge in [-0.15, -0.1) is 0 Å². The molecule has 0 saturated heterocycles. The minimum absolute atomic E-state index is 0.316. The van der Waals surface area contributed by atoms with E-state index in [1.807, 2.05) is 0 Å². The van der Waals surface area contributed by atoms with Gasteiger partial charge in [-0.1, -0.05) is 6.07 Å². The summed E-state index contributed by atoms with van der Waals surface area (Å²) in [6.45, 7) is 0.797. The number of rotatable bonds is 2. The van der Waals surface area contributed by atoms with Gasteiger partial charge in [-0.05, 0) is 55.4 Å². The van der Waals surface area contributed by atoms with E-state index in [-0.39, 0.29) is 0 Å². The summed E-state index contributed by atoms with van der Waals surface area (Å²) in [5.74, 6) is 0. The van der Waals surface area contributed by atoms with E-state index in [2.05, 4.69) is 23.2 Å². The van der Waals surface area contributed by atoms with Gasteiger partial charge >= 0.3 is 0 Å². The van der Waals surface area contributed by atoms with Crippen LogP contribution in [0.3, 0.4) is 0 Å². The second-order valence-corrected chi connectivity index (χ2v) is 5.68. The van der Waals surface area contributed by atoms with Gasteiger partial charge in [0.25, 0.3) is 0 Å². The molecule has 0 amide bonds. The van der Waals surface area contributed by atoms with Crippen LogP contribution in [0.25, 0.3) is 10.9 Å². The van der Waals surface area contributed by atoms with Crippen LogP contribution in [-0.4, -0.2) is 11.5 Å². The van der Waals surface area contributed by atoms with Gasteiger partial charge in [-0.3, -0.25) is 0 Å². The summed E-state index contributed by atoms with van der Waals surface area (Å²) in [6.07, 6.45) is 6.31. The molecule has 3 N–H and O–H groups in total. The Kier molecular flexibility index (Phi) is 1.79. The largest absolute Gasteiger partial charge is 0.358 e. The number of benzene rings is 1. The quantitative estimate of drug-likeness (QED) is 0.812. The number of H-pyrrole nitrogens is 1. The Hall–Kier alpha value is -1.28. The zero-order valence-corrected chi connectivity index (χ0v) is 10.1. The molecule has 1 fully saturated rings. The van der Waals surface area contributed by atoms with Crippen molar-refractivity contribution in [2.24, 2.45) is 5.73 Å². The lowest BCUT2D eigenvalue weighted by atomic mass is 9.94. The Labute approximate surface area is 101 Å². The van der Waals surface area contributed by atoms with Crippen molar-refractivity contribution in [2.45, 2.75) is 37.5 Å². The van der Waals surface area contributed by atoms with E-state index in [9.17, 15) is 0 Å². The van der Waals surface area contributed by atoms with Crippen molar-refractivity contribution in [3.63, 3.8) is 0 Å². The molecule has 0 bridgehead atoms. The second-order valence-electron chi connectivity index (χ2n) is 5.68. The number of hydrogen-bond donors (Lipinski definition) is 2. The molecule has 0 radical (unpaired) electrons. The van der Waals surface area contributed by atoms with E-state index in [4.69, 9.17) is 5.73 Å². The molecular formula is C15H18N2. The summed E-state index contributed by atoms with van der Waals surface area (Å²) in [5, 5.41) is 1.45. The van der Waals surface area contributed by atoms with E-state index >= 15 is 0 Å². The number of fused-ring (bicyclic) bond motifs is 3. The molecule has 0 aliphatic heterocycles. The number of hydrogen-bond acceptors (Lipinski definition) is 1. The molecule has 1 aromatic carbocycles. The van der Waals surface area contributed by atoms with Crippen LogP contribution in [0.4, 0.5) is 0 Å². The maximum Gasteiger partial charge on any atom is 0.0459 e. The third kappa shape index (κ3) is 1.25. The van der Waals surface area contributed by atoms with Gasteiger partial charge < -0.3 is 10.7 Å². The van der Waals surface area contributed by atoms with Crippen LogP contribution in [0.2, 0.25) is 0 Å². The fraction of sp³-hybridized carbons (Fsp3) is 0.467. The first kappa shape index (κ1) is 9.72. The van der Waals surface area contributed by atoms with Gasteiger partial charge in [0.05, 0.1) is 0 Å². The number of aromatic nitrogens is 1. The smallest absolute Gasteiger partial charge is 0.0459 e. The maximum absolute atomic E-state index is 5.93. The first-order valence-corrected chi connectivity index (χ1v) is 6.66. The van der Waals surface area contributed by atoms with Gasteiger partial charge in [-0.2, -0.15) is 0 Å². The van der Waals surface area contributed by atoms with Crippen LogP contribution < -0.4 is 5.73 Å². The van der Waals surface area contributed by atoms with E-state index in [1.54, 1.807) is 5.56 Å². The van der Waals surface area contributed by atoms with Crippen LogP contribution in [0.15, 0.2) is 18.2 Å². The molecule has 0 atom stereocenters. The molecule has 2 aliphatic rings. The predicted molar refractivity (Wildman–Crippen MR) is 70.3 cm³/mol. The molecule has 1 aromatic heterocycles. The zero-order chi connectivity index (χ0) is 11.5. The van der Waals surface area contributed by atoms with Crippen LogP contribution in [0.1, 0.15) is 36.1 Å². The van der Waals surface area contributed by atoms with Crippen molar-refractivity contribution >= 4 is 10.9 Å². The summed E-state index contributed by atoms with van der Waals surface area (Å²) in [5.41, 5.74) is 12.0. The fourth-order valence-corrected chi connectivity index (χ4v) is 3.34. The monoisotopic (exact) mass is 226 g/mol. The molecule has 2 aliphatic carbocycles. The minimum atomic E-state index is 0.316. The second kappa shape index (κ2) is 3.14. The lowest BCUT2D eigenvalue weighted by molar-refractivity contribution is 0.706. The average molecular weight is 226 g/mol. The SMILES string of the molecule is NCC1(c2ccc3[nH]c4c(c3c2)CCC4)CC1. The third-order valence-corrected chi connectivity index (χ3v) is 4.70. The van der Waals surface area contributed by atoms with Crippen molar-refractivity contribution in [3.8, 4) is 0 Å². The Balaban J connectivity index is 1.91. The molecule has 17 heavy (non-hydrogen) atoms. The topological polar surface area (TPSA) is 41.8 Å². The standard InChI is InChI=1S/C15H18N2/c16-9-15(6-7-15)10-4-5-14-12(8-10)11-2-1-3-13(11)17-14/h4-5,8,17H,1-3,6-7,9,16H2. The summed E-state index contributed by atoms with van der Waals surface area (Å²) in [7, 11) is 0. The average Bonchev–Trinajstić information content (AvgIpc) is 2.89. The van der Waals surface area contributed by atoms with Crippen molar-refractivity contribution in [2.75, 3.05) is 6.54 Å². The van der Waals surface area contributed by atoms with Crippen LogP contribution in [-0.2, 0) is 18.3 Å². The van der Waals surface area contributed by atoms with E-state index in [0.29, 0.717) is 5.41 Å². The number of aromatic amines is 1. The van der Waals surface area contributed by atoms with Gasteiger partial charge in [0.1, 0.15) is 0 Å². The van der Waals surface area contributed by atoms with Crippen molar-refractivity contribution in [3.05, 3.63) is 35.0 Å². The number of nitrogens with two attached hydrogens (primary N) is 1. The summed E-state index contributed by atoms with van der Waals surface area (Å²) in [4.78, 5) is 3.56. The molecule has 2 aromatic rings. The molecule has 1 saturated carbocycles. The highest BCUT2D eigenvalue weighted by Gasteiger charge is 2.42. The first-order chi connectivity index (χ1) is 8.32. The van der Waals surface area contributed by atoms with E-state index in [1.165, 1.54) is 54.3 Å². The summed E-state index contributed by atoms with van der Waals surface area (Å²) < 4.78 is 0. The number of nitrogens with one attached hydrogen (secondary N) is 1. The maximum atomic E-state index is 5.93. The fourth-order valence-electron chi connectivity index (χ4n) is 3.34. The van der Waals surface area contributed by atoms with E-state index < -0.39 is 0 Å². The Morgan fingerprint density at radius 2 is 2.12 bits per heavy atom. The van der Waals surface area contributed by atoms with Crippen LogP contribution in [0.5, 0.6) is 0 Å². The molecular weight excluding hydrogens is 208 g/mol. The van der Waals surface area contributed by atoms with Crippen LogP contribution >= 0.6 is 0 Å². The lowest BCUT2D eigenvalue weighted by Gasteiger charge is -2.12. The summed E-state index contributed by atoms with van der Waals surface area (Å²) >= 11 is 0. The Morgan fingerprint density at radius 3 is 2.88 bits per heavy atom. The van der Waals surface area contributed by atoms with Gasteiger partial charge in [-0.25, -0.2) is 0 Å². The Bertz CT molecular complexity index is 590. The highest BCUT2D eigenvalue weighted by molar-refractivity contribution is 5.86. The molecule has 2 nitrogen and oxygen atoms in total. The highest BCUT2D eigenvalue weighted by Crippen LogP contribution is 2.48. The molecule has 4 rings (SSSR count). The highest BCUT2D eigenvalue weighted by atomic mass is 14.7. The minimum Gasteiger partial charge on any atom is -0.358 e. The molecule has 0 spiro atoms. The molecule has 2 heteroatoms. The van der Waals surface area contributed by atoms with Gasteiger partial charge in [0.15, 0.2) is 0 Å². The van der Waals surface area contributed by atoms with Gasteiger partial charge in [0.2, 0.25) is 0 Å². The van der Waals surface area contributed by atoms with E-state index in [0.717, 1.165) is 6.54 Å². The normalized spacial score (nSPS) is 20.8. The van der Waals surface area contributed by atoms with Crippen LogP contribution in [0, 0.1) is 0 Å². The third-order valence-electron chi connectivity index (χ3n) is 4.70. The first-order valence-electron chi connectivity index (χ1n) is 6.66. The van der Waals surface area contributed by atoms with Crippen molar-refractivity contribution in [1.82, 2.24) is 4.98 Å². The number of aryl methyl sites for hydroxylation is 2. The van der Waals surface area contributed by atoms with Crippen molar-refractivity contribution in [1.29, 1.82) is 0 Å². The zero-order valence-electron chi connectivity index (χ0n) is 10.1. The molecule has 88 valence electrons. The molecule has 1 heterocycles. The molecule has 0 unspecified atom stereocenters. The predicted octanol–water partition coefficient (Wildman–Crippen LogP) is 2.65. The lowest BCUT2D eigenvalue weighted by Crippen LogP contribution is -2.19. The summed E-state index contributed by atoms with van der Waals surface area (Å²) in [6, 6.07) is 6.92. The Morgan fingerprint density at radius 1 is 1.24 bits per heavy atom. The van der Waals surface area contributed by atoms with Crippen molar-refractivity contribution < 1.29 is 0 Å².